The Kier molecular flexibility index (Phi) is 9.29. The number of hydrogen-bond donors (Lipinski definition) is 1. The third kappa shape index (κ3) is 5.91. The highest BCUT2D eigenvalue weighted by Crippen LogP contribution is 2.45. The molecule has 4 rings (SSSR count). The smallest absolute Gasteiger partial charge is 0.350 e. The minimum Gasteiger partial charge on any atom is -0.507 e. The first kappa shape index (κ1) is 29.3. The van der Waals surface area contributed by atoms with E-state index < -0.39 is 23.7 Å². The number of nitrogens with zero attached hydrogens (tertiary/aromatic N) is 2. The average Bonchev–Trinajstić information content (AvgIpc) is 3.45. The fraction of sp³-hybridized carbons (Fsp3) is 0.241. The molecule has 1 aliphatic rings. The number of aliphatic hydroxyl groups excluding tert-OH is 1. The Bertz CT molecular complexity index is 1500. The maximum absolute atomic E-state index is 13.4. The summed E-state index contributed by atoms with van der Waals surface area (Å²) in [6.07, 6.45) is 3.32. The molecule has 1 aliphatic heterocycles. The van der Waals surface area contributed by atoms with Gasteiger partial charge in [0.15, 0.2) is 5.13 Å². The van der Waals surface area contributed by atoms with E-state index in [2.05, 4.69) is 18.5 Å². The molecule has 0 spiro atoms. The summed E-state index contributed by atoms with van der Waals surface area (Å²) in [5, 5.41) is 11.9. The number of amides is 1. The zero-order chi connectivity index (χ0) is 29.0. The molecule has 8 nitrogen and oxygen atoms in total. The molecule has 1 amide bonds. The summed E-state index contributed by atoms with van der Waals surface area (Å²) in [6, 6.07) is 10.1. The van der Waals surface area contributed by atoms with Crippen LogP contribution in [0.1, 0.15) is 52.3 Å². The van der Waals surface area contributed by atoms with Gasteiger partial charge in [0.1, 0.15) is 23.0 Å². The third-order valence-electron chi connectivity index (χ3n) is 6.11. The van der Waals surface area contributed by atoms with Gasteiger partial charge in [-0.05, 0) is 55.3 Å². The fourth-order valence-electron chi connectivity index (χ4n) is 4.10. The van der Waals surface area contributed by atoms with Gasteiger partial charge in [-0.1, -0.05) is 66.6 Å². The number of Topliss-reactive ketones (excluding diaryl/α,β-unsaturated/α-hetero) is 1. The van der Waals surface area contributed by atoms with Crippen LogP contribution in [0, 0.1) is 6.92 Å². The van der Waals surface area contributed by atoms with Crippen LogP contribution in [-0.2, 0) is 14.3 Å². The van der Waals surface area contributed by atoms with E-state index >= 15 is 0 Å². The number of ketones is 1. The van der Waals surface area contributed by atoms with Crippen molar-refractivity contribution in [1.82, 2.24) is 4.98 Å². The summed E-state index contributed by atoms with van der Waals surface area (Å²) in [6.45, 7) is 7.74. The monoisotopic (exact) mass is 600 g/mol. The predicted octanol–water partition coefficient (Wildman–Crippen LogP) is 6.91. The number of thiazole rings is 1. The average molecular weight is 602 g/mol. The first-order valence-corrected chi connectivity index (χ1v) is 14.0. The Balaban J connectivity index is 1.82. The topological polar surface area (TPSA) is 106 Å². The summed E-state index contributed by atoms with van der Waals surface area (Å²) in [4.78, 5) is 45.1. The minimum atomic E-state index is -1.10. The first-order chi connectivity index (χ1) is 19.2. The molecule has 0 unspecified atom stereocenters. The van der Waals surface area contributed by atoms with Crippen LogP contribution in [0.4, 0.5) is 5.13 Å². The van der Waals surface area contributed by atoms with E-state index in [0.29, 0.717) is 29.2 Å². The molecule has 3 aromatic rings. The van der Waals surface area contributed by atoms with Crippen molar-refractivity contribution >= 4 is 63.1 Å². The Morgan fingerprint density at radius 3 is 2.55 bits per heavy atom. The van der Waals surface area contributed by atoms with Gasteiger partial charge in [-0.3, -0.25) is 14.5 Å². The van der Waals surface area contributed by atoms with Crippen molar-refractivity contribution in [2.75, 3.05) is 18.1 Å². The van der Waals surface area contributed by atoms with E-state index in [1.807, 2.05) is 0 Å². The number of aryl methyl sites for hydroxylation is 1. The highest BCUT2D eigenvalue weighted by molar-refractivity contribution is 7.17. The van der Waals surface area contributed by atoms with Crippen LogP contribution in [0.5, 0.6) is 5.75 Å². The number of aliphatic hydroxyl groups is 1. The van der Waals surface area contributed by atoms with E-state index in [-0.39, 0.29) is 38.0 Å². The lowest BCUT2D eigenvalue weighted by atomic mass is 9.95. The first-order valence-electron chi connectivity index (χ1n) is 12.4. The molecule has 40 heavy (non-hydrogen) atoms. The van der Waals surface area contributed by atoms with E-state index in [1.54, 1.807) is 37.3 Å². The van der Waals surface area contributed by atoms with Crippen molar-refractivity contribution < 1.29 is 29.0 Å². The standard InChI is InChI=1S/C29H26Cl2N2O6S/c1-4-6-14-38-19-10-7-17(8-11-19)24(34)22-23(18-9-12-20(30)21(31)15-18)33(27(36)25(22)35)29-32-16(3)26(40-29)28(37)39-13-5-2/h5,7-12,15,23,34H,2,4,6,13-14H2,1,3H3/t23-/m1/s1. The maximum Gasteiger partial charge on any atom is 0.350 e. The van der Waals surface area contributed by atoms with E-state index in [0.717, 1.165) is 29.1 Å². The number of carbonyl (C=O) groups excluding carboxylic acids is 3. The summed E-state index contributed by atoms with van der Waals surface area (Å²) in [5.41, 5.74) is 0.891. The fourth-order valence-corrected chi connectivity index (χ4v) is 5.40. The molecule has 1 saturated heterocycles. The molecule has 1 N–H and O–H groups in total. The molecule has 0 bridgehead atoms. The van der Waals surface area contributed by atoms with Crippen molar-refractivity contribution in [2.45, 2.75) is 32.7 Å². The van der Waals surface area contributed by atoms with Crippen LogP contribution in [0.2, 0.25) is 10.0 Å². The van der Waals surface area contributed by atoms with Crippen molar-refractivity contribution in [2.24, 2.45) is 0 Å². The Morgan fingerprint density at radius 1 is 1.18 bits per heavy atom. The molecule has 1 fully saturated rings. The molecule has 2 aromatic carbocycles. The van der Waals surface area contributed by atoms with Crippen LogP contribution in [0.3, 0.4) is 0 Å². The van der Waals surface area contributed by atoms with Gasteiger partial charge in [-0.15, -0.1) is 0 Å². The lowest BCUT2D eigenvalue weighted by Crippen LogP contribution is -2.29. The molecule has 1 aromatic heterocycles. The van der Waals surface area contributed by atoms with E-state index in [9.17, 15) is 19.5 Å². The number of rotatable bonds is 10. The number of unbranched alkanes of at least 4 members (excludes halogenated alkanes) is 1. The molecule has 1 atom stereocenters. The number of benzene rings is 2. The van der Waals surface area contributed by atoms with Crippen molar-refractivity contribution in [3.8, 4) is 5.75 Å². The molecule has 11 heteroatoms. The second-order valence-electron chi connectivity index (χ2n) is 8.87. The summed E-state index contributed by atoms with van der Waals surface area (Å²) < 4.78 is 10.8. The van der Waals surface area contributed by atoms with Gasteiger partial charge in [-0.25, -0.2) is 9.78 Å². The van der Waals surface area contributed by atoms with Crippen molar-refractivity contribution in [3.05, 3.63) is 92.4 Å². The highest BCUT2D eigenvalue weighted by Gasteiger charge is 2.48. The van der Waals surface area contributed by atoms with Gasteiger partial charge in [0.25, 0.3) is 5.78 Å². The largest absolute Gasteiger partial charge is 0.507 e. The number of anilines is 1. The van der Waals surface area contributed by atoms with Crippen LogP contribution in [-0.4, -0.2) is 41.0 Å². The van der Waals surface area contributed by atoms with Crippen LogP contribution in [0.25, 0.3) is 5.76 Å². The zero-order valence-corrected chi connectivity index (χ0v) is 24.1. The maximum atomic E-state index is 13.4. The molecular formula is C29H26Cl2N2O6S. The lowest BCUT2D eigenvalue weighted by Gasteiger charge is -2.23. The summed E-state index contributed by atoms with van der Waals surface area (Å²) in [7, 11) is 0. The minimum absolute atomic E-state index is 0.00171. The number of aromatic nitrogens is 1. The van der Waals surface area contributed by atoms with Crippen molar-refractivity contribution in [1.29, 1.82) is 0 Å². The van der Waals surface area contributed by atoms with E-state index in [1.165, 1.54) is 18.2 Å². The molecule has 0 radical (unpaired) electrons. The summed E-state index contributed by atoms with van der Waals surface area (Å²) >= 11 is 13.3. The molecule has 0 aliphatic carbocycles. The quantitative estimate of drug-likeness (QED) is 0.0673. The SMILES string of the molecule is C=CCOC(=O)c1sc(N2C(=O)C(=O)C(=C(O)c3ccc(OCCCC)cc3)[C@H]2c2ccc(Cl)c(Cl)c2)nc1C. The molecule has 0 saturated carbocycles. The number of halogens is 2. The van der Waals surface area contributed by atoms with Gasteiger partial charge >= 0.3 is 11.9 Å². The number of esters is 1. The zero-order valence-electron chi connectivity index (χ0n) is 21.8. The lowest BCUT2D eigenvalue weighted by molar-refractivity contribution is -0.132. The normalized spacial score (nSPS) is 16.3. The van der Waals surface area contributed by atoms with Crippen LogP contribution in [0.15, 0.2) is 60.7 Å². The Labute approximate surface area is 245 Å². The van der Waals surface area contributed by atoms with Gasteiger partial charge < -0.3 is 14.6 Å². The number of carbonyl (C=O) groups is 3. The second kappa shape index (κ2) is 12.7. The van der Waals surface area contributed by atoms with Gasteiger partial charge in [-0.2, -0.15) is 0 Å². The molecule has 208 valence electrons. The summed E-state index contributed by atoms with van der Waals surface area (Å²) in [5.74, 6) is -2.24. The second-order valence-corrected chi connectivity index (χ2v) is 10.7. The Hall–Kier alpha value is -3.66. The van der Waals surface area contributed by atoms with E-state index in [4.69, 9.17) is 32.7 Å². The Morgan fingerprint density at radius 2 is 1.90 bits per heavy atom. The van der Waals surface area contributed by atoms with Crippen LogP contribution >= 0.6 is 34.5 Å². The highest BCUT2D eigenvalue weighted by atomic mass is 35.5. The number of hydrogen-bond acceptors (Lipinski definition) is 8. The van der Waals surface area contributed by atoms with Gasteiger partial charge in [0.05, 0.1) is 34.0 Å². The van der Waals surface area contributed by atoms with Gasteiger partial charge in [0.2, 0.25) is 0 Å². The van der Waals surface area contributed by atoms with Gasteiger partial charge in [0, 0.05) is 5.56 Å². The third-order valence-corrected chi connectivity index (χ3v) is 7.98. The number of ether oxygens (including phenoxy) is 2. The predicted molar refractivity (Wildman–Crippen MR) is 155 cm³/mol. The van der Waals surface area contributed by atoms with Crippen LogP contribution < -0.4 is 9.64 Å². The molecule has 2 heterocycles. The van der Waals surface area contributed by atoms with Crippen molar-refractivity contribution in [3.63, 3.8) is 0 Å². The molecular weight excluding hydrogens is 575 g/mol.